The number of nitrogens with one attached hydrogen (secondary N) is 2. The molecule has 0 atom stereocenters. The summed E-state index contributed by atoms with van der Waals surface area (Å²) in [5, 5.41) is 1.82. The number of hydrazine groups is 1. The number of amides is 2. The first-order valence-corrected chi connectivity index (χ1v) is 8.08. The number of rotatable bonds is 5. The number of carbonyl (C=O) groups is 3. The summed E-state index contributed by atoms with van der Waals surface area (Å²) in [5.41, 5.74) is 7.11. The van der Waals surface area contributed by atoms with E-state index in [4.69, 9.17) is 0 Å². The Kier molecular flexibility index (Phi) is 5.65. The van der Waals surface area contributed by atoms with Crippen LogP contribution < -0.4 is 10.9 Å². The molecule has 120 valence electrons. The highest BCUT2D eigenvalue weighted by Gasteiger charge is 2.12. The minimum Gasteiger partial charge on any atom is -0.293 e. The summed E-state index contributed by atoms with van der Waals surface area (Å²) in [6, 6.07) is 8.97. The van der Waals surface area contributed by atoms with E-state index in [1.807, 2.05) is 31.4 Å². The fourth-order valence-electron chi connectivity index (χ4n) is 2.11. The van der Waals surface area contributed by atoms with E-state index in [0.29, 0.717) is 10.4 Å². The smallest absolute Gasteiger partial charge is 0.269 e. The lowest BCUT2D eigenvalue weighted by atomic mass is 10.1. The number of thiophene rings is 1. The minimum atomic E-state index is -0.395. The molecule has 0 bridgehead atoms. The summed E-state index contributed by atoms with van der Waals surface area (Å²) < 4.78 is 0. The van der Waals surface area contributed by atoms with Crippen molar-refractivity contribution in [2.75, 3.05) is 0 Å². The highest BCUT2D eigenvalue weighted by molar-refractivity contribution is 7.12. The van der Waals surface area contributed by atoms with E-state index in [1.54, 1.807) is 18.2 Å². The van der Waals surface area contributed by atoms with Crippen LogP contribution in [0.2, 0.25) is 0 Å². The van der Waals surface area contributed by atoms with Crippen LogP contribution in [-0.2, 0) is 4.79 Å². The molecule has 6 heteroatoms. The number of hydrogen-bond donors (Lipinski definition) is 2. The lowest BCUT2D eigenvalue weighted by Crippen LogP contribution is -2.41. The summed E-state index contributed by atoms with van der Waals surface area (Å²) >= 11 is 1.35. The van der Waals surface area contributed by atoms with Gasteiger partial charge in [0.1, 0.15) is 0 Å². The third kappa shape index (κ3) is 4.75. The molecule has 1 aromatic heterocycles. The molecule has 2 aromatic rings. The van der Waals surface area contributed by atoms with Gasteiger partial charge in [-0.3, -0.25) is 25.2 Å². The van der Waals surface area contributed by atoms with E-state index in [2.05, 4.69) is 10.9 Å². The summed E-state index contributed by atoms with van der Waals surface area (Å²) in [4.78, 5) is 36.2. The Balaban J connectivity index is 1.80. The van der Waals surface area contributed by atoms with Gasteiger partial charge in [-0.05, 0) is 36.9 Å². The van der Waals surface area contributed by atoms with Gasteiger partial charge in [-0.15, -0.1) is 11.3 Å². The van der Waals surface area contributed by atoms with Crippen molar-refractivity contribution in [3.05, 3.63) is 57.3 Å². The molecule has 0 saturated carbocycles. The van der Waals surface area contributed by atoms with Crippen LogP contribution >= 0.6 is 11.3 Å². The molecule has 2 rings (SSSR count). The SMILES string of the molecule is Cc1ccc(C(=O)NNC(=O)CCC(=O)c2cccs2)c(C)c1. The predicted octanol–water partition coefficient (Wildman–Crippen LogP) is 2.79. The Hall–Kier alpha value is -2.47. The van der Waals surface area contributed by atoms with E-state index in [0.717, 1.165) is 11.1 Å². The second-order valence-corrected chi connectivity index (χ2v) is 6.17. The summed E-state index contributed by atoms with van der Waals surface area (Å²) in [5.74, 6) is -0.843. The number of Topliss-reactive ketones (excluding diaryl/α,β-unsaturated/α-hetero) is 1. The van der Waals surface area contributed by atoms with Crippen LogP contribution in [0.5, 0.6) is 0 Å². The first kappa shape index (κ1) is 16.9. The summed E-state index contributed by atoms with van der Waals surface area (Å²) in [6.45, 7) is 3.78. The van der Waals surface area contributed by atoms with Crippen molar-refractivity contribution in [3.8, 4) is 0 Å². The Bertz CT molecular complexity index is 723. The van der Waals surface area contributed by atoms with E-state index >= 15 is 0 Å². The van der Waals surface area contributed by atoms with Gasteiger partial charge in [-0.25, -0.2) is 0 Å². The third-order valence-electron chi connectivity index (χ3n) is 3.32. The highest BCUT2D eigenvalue weighted by Crippen LogP contribution is 2.12. The maximum Gasteiger partial charge on any atom is 0.269 e. The lowest BCUT2D eigenvalue weighted by Gasteiger charge is -2.09. The molecule has 0 saturated heterocycles. The Morgan fingerprint density at radius 2 is 1.83 bits per heavy atom. The Labute approximate surface area is 138 Å². The molecule has 0 aliphatic carbocycles. The first-order valence-electron chi connectivity index (χ1n) is 7.20. The molecule has 0 fully saturated rings. The van der Waals surface area contributed by atoms with Gasteiger partial charge in [0.15, 0.2) is 5.78 Å². The maximum absolute atomic E-state index is 12.0. The van der Waals surface area contributed by atoms with Crippen LogP contribution in [-0.4, -0.2) is 17.6 Å². The summed E-state index contributed by atoms with van der Waals surface area (Å²) in [7, 11) is 0. The Morgan fingerprint density at radius 1 is 1.04 bits per heavy atom. The quantitative estimate of drug-likeness (QED) is 0.654. The van der Waals surface area contributed by atoms with Gasteiger partial charge < -0.3 is 0 Å². The average Bonchev–Trinajstić information content (AvgIpc) is 3.04. The number of ketones is 1. The van der Waals surface area contributed by atoms with Gasteiger partial charge in [0.25, 0.3) is 5.91 Å². The van der Waals surface area contributed by atoms with E-state index < -0.39 is 5.91 Å². The van der Waals surface area contributed by atoms with Crippen molar-refractivity contribution in [2.24, 2.45) is 0 Å². The first-order chi connectivity index (χ1) is 11.0. The fourth-order valence-corrected chi connectivity index (χ4v) is 2.81. The second kappa shape index (κ2) is 7.69. The van der Waals surface area contributed by atoms with Crippen LogP contribution in [0.25, 0.3) is 0 Å². The zero-order valence-electron chi connectivity index (χ0n) is 13.0. The minimum absolute atomic E-state index is 0.0316. The van der Waals surface area contributed by atoms with Crippen molar-refractivity contribution in [1.82, 2.24) is 10.9 Å². The second-order valence-electron chi connectivity index (χ2n) is 5.22. The number of aryl methyl sites for hydroxylation is 2. The molecule has 1 aromatic carbocycles. The fraction of sp³-hybridized carbons (Fsp3) is 0.235. The van der Waals surface area contributed by atoms with Crippen molar-refractivity contribution in [1.29, 1.82) is 0 Å². The van der Waals surface area contributed by atoms with Crippen molar-refractivity contribution < 1.29 is 14.4 Å². The molecule has 0 radical (unpaired) electrons. The molecular formula is C17H18N2O3S. The van der Waals surface area contributed by atoms with Crippen LogP contribution in [0.3, 0.4) is 0 Å². The molecular weight excluding hydrogens is 312 g/mol. The number of hydrogen-bond acceptors (Lipinski definition) is 4. The van der Waals surface area contributed by atoms with Gasteiger partial charge in [0.2, 0.25) is 5.91 Å². The molecule has 0 spiro atoms. The van der Waals surface area contributed by atoms with E-state index in [1.165, 1.54) is 11.3 Å². The molecule has 0 aliphatic heterocycles. The normalized spacial score (nSPS) is 10.2. The molecule has 2 N–H and O–H groups in total. The standard InChI is InChI=1S/C17H18N2O3S/c1-11-5-6-13(12(2)10-11)17(22)19-18-16(21)8-7-14(20)15-4-3-9-23-15/h3-6,9-10H,7-8H2,1-2H3,(H,18,21)(H,19,22). The molecule has 1 heterocycles. The zero-order chi connectivity index (χ0) is 16.8. The predicted molar refractivity (Wildman–Crippen MR) is 89.4 cm³/mol. The van der Waals surface area contributed by atoms with Gasteiger partial charge in [0, 0.05) is 18.4 Å². The Morgan fingerprint density at radius 3 is 2.48 bits per heavy atom. The molecule has 0 aliphatic rings. The third-order valence-corrected chi connectivity index (χ3v) is 4.23. The van der Waals surface area contributed by atoms with Crippen LogP contribution in [0.15, 0.2) is 35.7 Å². The topological polar surface area (TPSA) is 75.3 Å². The van der Waals surface area contributed by atoms with E-state index in [9.17, 15) is 14.4 Å². The van der Waals surface area contributed by atoms with Crippen LogP contribution in [0, 0.1) is 13.8 Å². The van der Waals surface area contributed by atoms with Crippen molar-refractivity contribution >= 4 is 28.9 Å². The lowest BCUT2D eigenvalue weighted by molar-refractivity contribution is -0.121. The van der Waals surface area contributed by atoms with Crippen molar-refractivity contribution in [3.63, 3.8) is 0 Å². The van der Waals surface area contributed by atoms with Crippen LogP contribution in [0.1, 0.15) is 44.0 Å². The summed E-state index contributed by atoms with van der Waals surface area (Å²) in [6.07, 6.45) is 0.148. The molecule has 5 nitrogen and oxygen atoms in total. The molecule has 0 unspecified atom stereocenters. The zero-order valence-corrected chi connectivity index (χ0v) is 13.8. The average molecular weight is 330 g/mol. The maximum atomic E-state index is 12.0. The molecule has 2 amide bonds. The van der Waals surface area contributed by atoms with Crippen LogP contribution in [0.4, 0.5) is 0 Å². The number of carbonyl (C=O) groups excluding carboxylic acids is 3. The molecule has 23 heavy (non-hydrogen) atoms. The van der Waals surface area contributed by atoms with Gasteiger partial charge in [-0.2, -0.15) is 0 Å². The highest BCUT2D eigenvalue weighted by atomic mass is 32.1. The monoisotopic (exact) mass is 330 g/mol. The van der Waals surface area contributed by atoms with Crippen molar-refractivity contribution in [2.45, 2.75) is 26.7 Å². The number of benzene rings is 1. The van der Waals surface area contributed by atoms with E-state index in [-0.39, 0.29) is 24.5 Å². The largest absolute Gasteiger partial charge is 0.293 e. The van der Waals surface area contributed by atoms with Gasteiger partial charge in [0.05, 0.1) is 4.88 Å². The van der Waals surface area contributed by atoms with Gasteiger partial charge >= 0.3 is 0 Å². The van der Waals surface area contributed by atoms with Gasteiger partial charge in [-0.1, -0.05) is 23.8 Å².